The van der Waals surface area contributed by atoms with Crippen LogP contribution in [-0.4, -0.2) is 53.0 Å². The van der Waals surface area contributed by atoms with Crippen molar-refractivity contribution in [2.75, 3.05) is 20.2 Å². The van der Waals surface area contributed by atoms with Gasteiger partial charge in [0, 0.05) is 24.8 Å². The van der Waals surface area contributed by atoms with E-state index in [2.05, 4.69) is 10.2 Å². The molecule has 8 heteroatoms. The lowest BCUT2D eigenvalue weighted by Crippen LogP contribution is -2.42. The van der Waals surface area contributed by atoms with Crippen LogP contribution in [0.15, 0.2) is 51.6 Å². The number of thioether (sulfide) groups is 1. The number of benzene rings is 1. The fourth-order valence-electron chi connectivity index (χ4n) is 4.12. The Morgan fingerprint density at radius 1 is 1.28 bits per heavy atom. The molecule has 1 fully saturated rings. The van der Waals surface area contributed by atoms with Crippen LogP contribution in [-0.2, 0) is 9.59 Å². The predicted molar refractivity (Wildman–Crippen MR) is 127 cm³/mol. The van der Waals surface area contributed by atoms with Crippen molar-refractivity contribution in [2.45, 2.75) is 52.1 Å². The van der Waals surface area contributed by atoms with E-state index in [1.165, 1.54) is 11.8 Å². The second-order valence-corrected chi connectivity index (χ2v) is 9.00. The maximum atomic E-state index is 13.6. The van der Waals surface area contributed by atoms with Crippen molar-refractivity contribution in [1.82, 2.24) is 15.1 Å². The average Bonchev–Trinajstić information content (AvgIpc) is 3.52. The first-order valence-corrected chi connectivity index (χ1v) is 12.0. The fraction of sp³-hybridized carbons (Fsp3) is 0.458. The van der Waals surface area contributed by atoms with Crippen LogP contribution in [0.1, 0.15) is 51.6 Å². The number of likely N-dealkylation sites (N-methyl/N-ethyl adjacent to an activating group) is 1. The first kappa shape index (κ1) is 22.5. The molecular formula is C24H30N4O3S. The van der Waals surface area contributed by atoms with E-state index in [0.29, 0.717) is 30.4 Å². The van der Waals surface area contributed by atoms with E-state index in [1.54, 1.807) is 7.11 Å². The zero-order valence-electron chi connectivity index (χ0n) is 19.1. The van der Waals surface area contributed by atoms with Gasteiger partial charge in [0.2, 0.25) is 5.91 Å². The topological polar surface area (TPSA) is 74.2 Å². The van der Waals surface area contributed by atoms with E-state index in [1.807, 2.05) is 55.3 Å². The minimum Gasteiger partial charge on any atom is -0.497 e. The number of methoxy groups -OCH3 is 1. The summed E-state index contributed by atoms with van der Waals surface area (Å²) in [6, 6.07) is 7.72. The van der Waals surface area contributed by atoms with Gasteiger partial charge in [0.15, 0.2) is 5.17 Å². The van der Waals surface area contributed by atoms with Crippen LogP contribution in [0.3, 0.4) is 0 Å². The molecule has 2 aliphatic heterocycles. The van der Waals surface area contributed by atoms with E-state index >= 15 is 0 Å². The van der Waals surface area contributed by atoms with Gasteiger partial charge in [-0.1, -0.05) is 23.9 Å². The Balaban J connectivity index is 1.75. The van der Waals surface area contributed by atoms with Crippen LogP contribution >= 0.6 is 11.8 Å². The third-order valence-electron chi connectivity index (χ3n) is 5.98. The van der Waals surface area contributed by atoms with Crippen LogP contribution in [0.4, 0.5) is 0 Å². The lowest BCUT2D eigenvalue weighted by molar-refractivity contribution is -0.127. The third kappa shape index (κ3) is 4.41. The molecule has 0 spiro atoms. The summed E-state index contributed by atoms with van der Waals surface area (Å²) in [5.74, 6) is 0.706. The molecule has 0 radical (unpaired) electrons. The molecule has 3 aliphatic rings. The summed E-state index contributed by atoms with van der Waals surface area (Å²) in [7, 11) is 1.63. The van der Waals surface area contributed by atoms with Crippen molar-refractivity contribution in [3.8, 4) is 5.75 Å². The number of ether oxygens (including phenoxy) is 1. The molecule has 0 saturated heterocycles. The highest BCUT2D eigenvalue weighted by molar-refractivity contribution is 8.16. The van der Waals surface area contributed by atoms with Gasteiger partial charge in [-0.3, -0.25) is 9.59 Å². The molecule has 4 rings (SSSR count). The number of carbonyl (C=O) groups is 2. The Morgan fingerprint density at radius 3 is 2.69 bits per heavy atom. The van der Waals surface area contributed by atoms with Crippen molar-refractivity contribution < 1.29 is 14.3 Å². The van der Waals surface area contributed by atoms with Crippen LogP contribution < -0.4 is 10.1 Å². The van der Waals surface area contributed by atoms with Crippen molar-refractivity contribution in [1.29, 1.82) is 0 Å². The smallest absolute Gasteiger partial charge is 0.254 e. The van der Waals surface area contributed by atoms with Gasteiger partial charge in [-0.05, 0) is 56.7 Å². The first-order chi connectivity index (χ1) is 15.5. The molecule has 1 atom stereocenters. The molecule has 1 aromatic carbocycles. The van der Waals surface area contributed by atoms with E-state index in [9.17, 15) is 9.59 Å². The summed E-state index contributed by atoms with van der Waals surface area (Å²) in [6.45, 7) is 7.10. The van der Waals surface area contributed by atoms with E-state index in [0.717, 1.165) is 35.0 Å². The SMILES string of the molecule is CCN(CC)C(=O)C1=C(C)N=C2SC=C(CC(=O)NC3CC3)N2C1c1cccc(OC)c1. The largest absolute Gasteiger partial charge is 0.497 e. The third-order valence-corrected chi connectivity index (χ3v) is 6.86. The second-order valence-electron chi connectivity index (χ2n) is 8.17. The minimum atomic E-state index is -0.374. The molecule has 2 amide bonds. The predicted octanol–water partition coefficient (Wildman–Crippen LogP) is 3.81. The molecule has 1 unspecified atom stereocenters. The number of hydrogen-bond acceptors (Lipinski definition) is 6. The van der Waals surface area contributed by atoms with Crippen LogP contribution in [0.5, 0.6) is 5.75 Å². The van der Waals surface area contributed by atoms with Gasteiger partial charge in [-0.2, -0.15) is 0 Å². The molecule has 7 nitrogen and oxygen atoms in total. The molecule has 32 heavy (non-hydrogen) atoms. The molecule has 1 aromatic rings. The van der Waals surface area contributed by atoms with Crippen molar-refractivity contribution in [3.63, 3.8) is 0 Å². The number of fused-ring (bicyclic) bond motifs is 1. The maximum Gasteiger partial charge on any atom is 0.254 e. The number of amidine groups is 1. The van der Waals surface area contributed by atoms with Gasteiger partial charge < -0.3 is 19.9 Å². The highest BCUT2D eigenvalue weighted by Gasteiger charge is 2.41. The highest BCUT2D eigenvalue weighted by Crippen LogP contribution is 2.45. The quantitative estimate of drug-likeness (QED) is 0.647. The van der Waals surface area contributed by atoms with Gasteiger partial charge in [-0.25, -0.2) is 4.99 Å². The summed E-state index contributed by atoms with van der Waals surface area (Å²) < 4.78 is 5.47. The molecule has 2 heterocycles. The maximum absolute atomic E-state index is 13.6. The van der Waals surface area contributed by atoms with E-state index in [4.69, 9.17) is 9.73 Å². The first-order valence-electron chi connectivity index (χ1n) is 11.1. The van der Waals surface area contributed by atoms with Gasteiger partial charge in [0.1, 0.15) is 5.75 Å². The Hall–Kier alpha value is -2.74. The standard InChI is InChI=1S/C24H30N4O3S/c1-5-27(6-2)23(30)21-15(3)25-24-28(22(21)16-8-7-9-19(12-16)31-4)18(14-32-24)13-20(29)26-17-10-11-17/h7-9,12,14,17,22H,5-6,10-11,13H2,1-4H3,(H,26,29). The fourth-order valence-corrected chi connectivity index (χ4v) is 5.09. The Morgan fingerprint density at radius 2 is 2.03 bits per heavy atom. The molecule has 0 aromatic heterocycles. The molecular weight excluding hydrogens is 424 g/mol. The zero-order valence-corrected chi connectivity index (χ0v) is 19.9. The van der Waals surface area contributed by atoms with Crippen LogP contribution in [0.25, 0.3) is 0 Å². The second kappa shape index (κ2) is 9.40. The normalized spacial score (nSPS) is 19.9. The molecule has 1 aliphatic carbocycles. The van der Waals surface area contributed by atoms with Gasteiger partial charge in [0.25, 0.3) is 5.91 Å². The molecule has 0 bridgehead atoms. The average molecular weight is 455 g/mol. The Labute approximate surface area is 193 Å². The van der Waals surface area contributed by atoms with Crippen molar-refractivity contribution >= 4 is 28.7 Å². The lowest BCUT2D eigenvalue weighted by atomic mass is 9.92. The number of nitrogens with one attached hydrogen (secondary N) is 1. The van der Waals surface area contributed by atoms with Gasteiger partial charge in [-0.15, -0.1) is 0 Å². The minimum absolute atomic E-state index is 0.00730. The summed E-state index contributed by atoms with van der Waals surface area (Å²) in [6.07, 6.45) is 2.36. The van der Waals surface area contributed by atoms with Crippen molar-refractivity contribution in [2.24, 2.45) is 4.99 Å². The summed E-state index contributed by atoms with van der Waals surface area (Å²) in [4.78, 5) is 34.9. The van der Waals surface area contributed by atoms with Crippen LogP contribution in [0.2, 0.25) is 0 Å². The Bertz CT molecular complexity index is 1010. The van der Waals surface area contributed by atoms with E-state index < -0.39 is 0 Å². The molecule has 1 saturated carbocycles. The van der Waals surface area contributed by atoms with Gasteiger partial charge >= 0.3 is 0 Å². The number of rotatable bonds is 8. The number of amides is 2. The zero-order chi connectivity index (χ0) is 22.8. The lowest BCUT2D eigenvalue weighted by Gasteiger charge is -2.38. The molecule has 1 N–H and O–H groups in total. The molecule has 170 valence electrons. The van der Waals surface area contributed by atoms with Crippen molar-refractivity contribution in [3.05, 3.63) is 52.2 Å². The number of allylic oxidation sites excluding steroid dienone is 1. The highest BCUT2D eigenvalue weighted by atomic mass is 32.2. The number of aliphatic imine (C=N–C) groups is 1. The number of carbonyl (C=O) groups excluding carboxylic acids is 2. The summed E-state index contributed by atoms with van der Waals surface area (Å²) in [5, 5.41) is 5.84. The Kier molecular flexibility index (Phi) is 6.60. The van der Waals surface area contributed by atoms with E-state index in [-0.39, 0.29) is 24.3 Å². The monoisotopic (exact) mass is 454 g/mol. The van der Waals surface area contributed by atoms with Crippen LogP contribution in [0, 0.1) is 0 Å². The number of nitrogens with zero attached hydrogens (tertiary/aromatic N) is 3. The summed E-state index contributed by atoms with van der Waals surface area (Å²) >= 11 is 1.50. The number of hydrogen-bond donors (Lipinski definition) is 1. The summed E-state index contributed by atoms with van der Waals surface area (Å²) in [5.41, 5.74) is 3.15. The van der Waals surface area contributed by atoms with Gasteiger partial charge in [0.05, 0.1) is 30.8 Å².